The number of rotatable bonds is 6. The number of hydrogen-bond donors (Lipinski definition) is 0. The van der Waals surface area contributed by atoms with Gasteiger partial charge in [-0.15, -0.1) is 0 Å². The number of aromatic nitrogens is 6. The van der Waals surface area contributed by atoms with Crippen molar-refractivity contribution in [1.29, 1.82) is 0 Å². The van der Waals surface area contributed by atoms with Crippen LogP contribution in [0.25, 0.3) is 139 Å². The fraction of sp³-hybridized carbons (Fsp3) is 0. The largest absolute Gasteiger partial charge is 0.456 e. The number of para-hydroxylation sites is 5. The van der Waals surface area contributed by atoms with E-state index in [9.17, 15) is 0 Å². The Morgan fingerprint density at radius 1 is 0.271 bits per heavy atom. The first-order valence-electron chi connectivity index (χ1n) is 23.6. The highest BCUT2D eigenvalue weighted by molar-refractivity contribution is 6.24. The summed E-state index contributed by atoms with van der Waals surface area (Å²) in [6.07, 6.45) is 0. The van der Waals surface area contributed by atoms with E-state index in [0.29, 0.717) is 17.6 Å². The summed E-state index contributed by atoms with van der Waals surface area (Å²) in [5.41, 5.74) is 14.4. The van der Waals surface area contributed by atoms with Crippen LogP contribution < -0.4 is 0 Å². The molecular formula is C63H38N6O. The molecule has 0 radical (unpaired) electrons. The molecule has 0 bridgehead atoms. The van der Waals surface area contributed by atoms with Crippen molar-refractivity contribution in [3.8, 4) is 51.2 Å². The summed E-state index contributed by atoms with van der Waals surface area (Å²) in [6.45, 7) is 0. The molecule has 0 aliphatic heterocycles. The van der Waals surface area contributed by atoms with E-state index < -0.39 is 0 Å². The Morgan fingerprint density at radius 3 is 1.34 bits per heavy atom. The molecule has 0 aliphatic rings. The molecule has 15 aromatic rings. The van der Waals surface area contributed by atoms with Gasteiger partial charge in [-0.3, -0.25) is 4.57 Å². The molecule has 10 aromatic carbocycles. The van der Waals surface area contributed by atoms with Crippen LogP contribution in [-0.4, -0.2) is 28.7 Å². The van der Waals surface area contributed by atoms with Crippen molar-refractivity contribution < 1.29 is 4.42 Å². The van der Waals surface area contributed by atoms with Crippen LogP contribution in [0.3, 0.4) is 0 Å². The minimum atomic E-state index is 0.536. The molecular weight excluding hydrogens is 857 g/mol. The summed E-state index contributed by atoms with van der Waals surface area (Å²) in [6, 6.07) is 81.6. The first kappa shape index (κ1) is 38.5. The average molecular weight is 895 g/mol. The van der Waals surface area contributed by atoms with Gasteiger partial charge in [-0.25, -0.2) is 4.98 Å². The normalized spacial score (nSPS) is 12.0. The van der Waals surface area contributed by atoms with Gasteiger partial charge in [-0.05, 0) is 77.9 Å². The molecule has 326 valence electrons. The standard InChI is InChI=1S/C63H38N6O/c1-2-15-39(16-3-1)40-29-32-43(33-30-40)67-53-24-9-6-21-47(53)51-35-36-52-48-22-7-10-25-54(48)68(60(52)59(51)67)44-18-14-17-41(37-44)61-64-62(42-31-34-50-49-23-8-13-28-57(49)70-58(50)38-42)66-63(65-61)69-55-26-11-4-19-45(55)46-20-5-12-27-56(46)69/h1-38H. The van der Waals surface area contributed by atoms with E-state index in [1.165, 1.54) is 32.7 Å². The average Bonchev–Trinajstić information content (AvgIpc) is 4.18. The maximum Gasteiger partial charge on any atom is 0.238 e. The molecule has 5 aromatic heterocycles. The highest BCUT2D eigenvalue weighted by atomic mass is 16.3. The molecule has 0 N–H and O–H groups in total. The van der Waals surface area contributed by atoms with Gasteiger partial charge in [0, 0.05) is 65.6 Å². The van der Waals surface area contributed by atoms with Crippen LogP contribution in [0.1, 0.15) is 0 Å². The van der Waals surface area contributed by atoms with E-state index in [0.717, 1.165) is 88.3 Å². The molecule has 0 saturated carbocycles. The minimum absolute atomic E-state index is 0.536. The Labute approximate surface area is 400 Å². The Balaban J connectivity index is 0.973. The summed E-state index contributed by atoms with van der Waals surface area (Å²) in [7, 11) is 0. The van der Waals surface area contributed by atoms with Crippen LogP contribution >= 0.6 is 0 Å². The lowest BCUT2D eigenvalue weighted by molar-refractivity contribution is 0.669. The Hall–Kier alpha value is -9.59. The molecule has 7 heteroatoms. The minimum Gasteiger partial charge on any atom is -0.456 e. The molecule has 0 fully saturated rings. The van der Waals surface area contributed by atoms with E-state index in [1.807, 2.05) is 18.2 Å². The molecule has 0 unspecified atom stereocenters. The van der Waals surface area contributed by atoms with Crippen molar-refractivity contribution >= 4 is 87.4 Å². The van der Waals surface area contributed by atoms with Crippen LogP contribution in [0.2, 0.25) is 0 Å². The zero-order valence-corrected chi connectivity index (χ0v) is 37.5. The molecule has 0 atom stereocenters. The van der Waals surface area contributed by atoms with Crippen LogP contribution in [0.5, 0.6) is 0 Å². The zero-order chi connectivity index (χ0) is 45.9. The van der Waals surface area contributed by atoms with Gasteiger partial charge in [0.15, 0.2) is 11.6 Å². The molecule has 0 aliphatic carbocycles. The maximum absolute atomic E-state index is 6.40. The summed E-state index contributed by atoms with van der Waals surface area (Å²) < 4.78 is 13.4. The second kappa shape index (κ2) is 15.0. The monoisotopic (exact) mass is 894 g/mol. The number of furan rings is 1. The first-order chi connectivity index (χ1) is 34.7. The Bertz CT molecular complexity index is 4540. The lowest BCUT2D eigenvalue weighted by atomic mass is 10.1. The van der Waals surface area contributed by atoms with Crippen molar-refractivity contribution in [3.05, 3.63) is 231 Å². The second-order valence-corrected chi connectivity index (χ2v) is 18.0. The van der Waals surface area contributed by atoms with E-state index >= 15 is 0 Å². The Morgan fingerprint density at radius 2 is 0.714 bits per heavy atom. The van der Waals surface area contributed by atoms with Crippen LogP contribution in [-0.2, 0) is 0 Å². The molecule has 0 saturated heterocycles. The quantitative estimate of drug-likeness (QED) is 0.167. The fourth-order valence-electron chi connectivity index (χ4n) is 11.0. The van der Waals surface area contributed by atoms with Crippen molar-refractivity contribution in [1.82, 2.24) is 28.7 Å². The van der Waals surface area contributed by atoms with E-state index in [-0.39, 0.29) is 0 Å². The Kier molecular flexibility index (Phi) is 8.23. The lowest BCUT2D eigenvalue weighted by Crippen LogP contribution is -2.06. The van der Waals surface area contributed by atoms with Gasteiger partial charge >= 0.3 is 0 Å². The van der Waals surface area contributed by atoms with Gasteiger partial charge in [-0.2, -0.15) is 9.97 Å². The molecule has 5 heterocycles. The predicted molar refractivity (Wildman–Crippen MR) is 286 cm³/mol. The third-order valence-corrected chi connectivity index (χ3v) is 14.1. The summed E-state index contributed by atoms with van der Waals surface area (Å²) in [5.74, 6) is 1.65. The number of fused-ring (bicyclic) bond motifs is 13. The molecule has 0 amide bonds. The highest BCUT2D eigenvalue weighted by Gasteiger charge is 2.23. The van der Waals surface area contributed by atoms with Crippen LogP contribution in [0.15, 0.2) is 235 Å². The highest BCUT2D eigenvalue weighted by Crippen LogP contribution is 2.43. The summed E-state index contributed by atoms with van der Waals surface area (Å²) in [5, 5.41) is 9.14. The van der Waals surface area contributed by atoms with Crippen LogP contribution in [0.4, 0.5) is 0 Å². The van der Waals surface area contributed by atoms with Crippen molar-refractivity contribution in [2.24, 2.45) is 0 Å². The van der Waals surface area contributed by atoms with Gasteiger partial charge in [0.05, 0.1) is 33.1 Å². The number of hydrogen-bond acceptors (Lipinski definition) is 4. The van der Waals surface area contributed by atoms with Crippen LogP contribution in [0, 0.1) is 0 Å². The van der Waals surface area contributed by atoms with Gasteiger partial charge in [-0.1, -0.05) is 164 Å². The molecule has 0 spiro atoms. The van der Waals surface area contributed by atoms with Crippen molar-refractivity contribution in [2.45, 2.75) is 0 Å². The smallest absolute Gasteiger partial charge is 0.238 e. The van der Waals surface area contributed by atoms with E-state index in [1.54, 1.807) is 0 Å². The van der Waals surface area contributed by atoms with E-state index in [2.05, 4.69) is 226 Å². The third kappa shape index (κ3) is 5.72. The molecule has 15 rings (SSSR count). The first-order valence-corrected chi connectivity index (χ1v) is 23.6. The molecule has 7 nitrogen and oxygen atoms in total. The van der Waals surface area contributed by atoms with Gasteiger partial charge in [0.1, 0.15) is 11.2 Å². The van der Waals surface area contributed by atoms with Gasteiger partial charge < -0.3 is 13.6 Å². The second-order valence-electron chi connectivity index (χ2n) is 18.0. The van der Waals surface area contributed by atoms with E-state index in [4.69, 9.17) is 19.4 Å². The van der Waals surface area contributed by atoms with Crippen molar-refractivity contribution in [2.75, 3.05) is 0 Å². The third-order valence-electron chi connectivity index (χ3n) is 14.1. The zero-order valence-electron chi connectivity index (χ0n) is 37.5. The SMILES string of the molecule is c1ccc(-c2ccc(-n3c4ccccc4c4ccc5c6ccccc6n(-c6cccc(-c7nc(-c8ccc9c(c8)oc8ccccc89)nc(-n8c9ccccc9c9ccccc98)n7)c6)c5c43)cc2)cc1. The van der Waals surface area contributed by atoms with Crippen molar-refractivity contribution in [3.63, 3.8) is 0 Å². The number of nitrogens with zero attached hydrogens (tertiary/aromatic N) is 6. The van der Waals surface area contributed by atoms with Gasteiger partial charge in [0.25, 0.3) is 0 Å². The van der Waals surface area contributed by atoms with Gasteiger partial charge in [0.2, 0.25) is 5.95 Å². The fourth-order valence-corrected chi connectivity index (χ4v) is 11.0. The number of benzene rings is 10. The maximum atomic E-state index is 6.40. The predicted octanol–water partition coefficient (Wildman–Crippen LogP) is 16.1. The lowest BCUT2D eigenvalue weighted by Gasteiger charge is -2.14. The molecule has 70 heavy (non-hydrogen) atoms. The topological polar surface area (TPSA) is 66.6 Å². The summed E-state index contributed by atoms with van der Waals surface area (Å²) >= 11 is 0. The summed E-state index contributed by atoms with van der Waals surface area (Å²) in [4.78, 5) is 16.0.